The third kappa shape index (κ3) is 4.01. The van der Waals surface area contributed by atoms with Gasteiger partial charge in [-0.3, -0.25) is 4.18 Å². The highest BCUT2D eigenvalue weighted by atomic mass is 32.2. The second-order valence-corrected chi connectivity index (χ2v) is 7.90. The maximum atomic E-state index is 12.3. The van der Waals surface area contributed by atoms with Gasteiger partial charge in [0, 0.05) is 0 Å². The molecule has 0 fully saturated rings. The fraction of sp³-hybridized carbons (Fsp3) is 0.368. The Balaban J connectivity index is 1.67. The molecule has 0 bridgehead atoms. The minimum Gasteiger partial charge on any atom is -0.266 e. The summed E-state index contributed by atoms with van der Waals surface area (Å²) < 4.78 is 29.9. The Kier molecular flexibility index (Phi) is 4.83. The van der Waals surface area contributed by atoms with Gasteiger partial charge in [-0.2, -0.15) is 8.42 Å². The maximum Gasteiger partial charge on any atom is 0.296 e. The van der Waals surface area contributed by atoms with Gasteiger partial charge in [-0.1, -0.05) is 42.0 Å². The van der Waals surface area contributed by atoms with Crippen molar-refractivity contribution in [2.24, 2.45) is 5.92 Å². The van der Waals surface area contributed by atoms with Crippen molar-refractivity contribution in [3.8, 4) is 0 Å². The average Bonchev–Trinajstić information content (AvgIpc) is 2.75. The fourth-order valence-electron chi connectivity index (χ4n) is 3.10. The fourth-order valence-corrected chi connectivity index (χ4v) is 4.07. The molecule has 0 radical (unpaired) electrons. The van der Waals surface area contributed by atoms with Crippen molar-refractivity contribution in [1.29, 1.82) is 0 Å². The summed E-state index contributed by atoms with van der Waals surface area (Å²) in [4.78, 5) is 0.233. The molecule has 0 saturated heterocycles. The van der Waals surface area contributed by atoms with Gasteiger partial charge in [0.2, 0.25) is 0 Å². The smallest absolute Gasteiger partial charge is 0.266 e. The Morgan fingerprint density at radius 3 is 2.48 bits per heavy atom. The van der Waals surface area contributed by atoms with E-state index >= 15 is 0 Å². The van der Waals surface area contributed by atoms with E-state index in [1.807, 2.05) is 13.0 Å². The van der Waals surface area contributed by atoms with E-state index in [1.54, 1.807) is 24.3 Å². The summed E-state index contributed by atoms with van der Waals surface area (Å²) >= 11 is 0. The van der Waals surface area contributed by atoms with Crippen LogP contribution in [-0.4, -0.2) is 15.0 Å². The van der Waals surface area contributed by atoms with E-state index in [0.717, 1.165) is 31.2 Å². The molecule has 2 aromatic carbocycles. The number of hydrogen-bond acceptors (Lipinski definition) is 3. The molecule has 122 valence electrons. The quantitative estimate of drug-likeness (QED) is 0.631. The lowest BCUT2D eigenvalue weighted by molar-refractivity contribution is 0.244. The minimum absolute atomic E-state index is 0.233. The third-order valence-electron chi connectivity index (χ3n) is 4.45. The van der Waals surface area contributed by atoms with Crippen LogP contribution in [0.3, 0.4) is 0 Å². The normalized spacial score (nSPS) is 18.2. The molecule has 1 atom stereocenters. The Bertz CT molecular complexity index is 763. The average molecular weight is 330 g/mol. The van der Waals surface area contributed by atoms with Gasteiger partial charge in [0.25, 0.3) is 10.1 Å². The van der Waals surface area contributed by atoms with E-state index < -0.39 is 10.1 Å². The van der Waals surface area contributed by atoms with Crippen molar-refractivity contribution >= 4 is 10.1 Å². The summed E-state index contributed by atoms with van der Waals surface area (Å²) in [5.41, 5.74) is 3.74. The van der Waals surface area contributed by atoms with Crippen LogP contribution < -0.4 is 0 Å². The van der Waals surface area contributed by atoms with Gasteiger partial charge in [-0.15, -0.1) is 0 Å². The third-order valence-corrected chi connectivity index (χ3v) is 5.75. The van der Waals surface area contributed by atoms with E-state index in [-0.39, 0.29) is 17.4 Å². The van der Waals surface area contributed by atoms with E-state index in [1.165, 1.54) is 11.1 Å². The van der Waals surface area contributed by atoms with Crippen LogP contribution >= 0.6 is 0 Å². The zero-order valence-corrected chi connectivity index (χ0v) is 14.2. The van der Waals surface area contributed by atoms with Crippen LogP contribution in [0.5, 0.6) is 0 Å². The first-order chi connectivity index (χ1) is 11.0. The minimum atomic E-state index is -3.67. The van der Waals surface area contributed by atoms with Crippen LogP contribution in [0.1, 0.15) is 29.5 Å². The molecule has 1 unspecified atom stereocenters. The van der Waals surface area contributed by atoms with Crippen LogP contribution in [0.25, 0.3) is 0 Å². The molecular formula is C19H22O3S. The zero-order chi connectivity index (χ0) is 16.3. The molecule has 0 spiro atoms. The Morgan fingerprint density at radius 2 is 1.74 bits per heavy atom. The van der Waals surface area contributed by atoms with Crippen molar-refractivity contribution in [2.75, 3.05) is 6.61 Å². The van der Waals surface area contributed by atoms with Crippen LogP contribution in [0.15, 0.2) is 53.4 Å². The monoisotopic (exact) mass is 330 g/mol. The van der Waals surface area contributed by atoms with Crippen LogP contribution in [0, 0.1) is 12.8 Å². The first-order valence-electron chi connectivity index (χ1n) is 8.07. The molecule has 3 nitrogen and oxygen atoms in total. The highest BCUT2D eigenvalue weighted by Gasteiger charge is 2.21. The molecule has 1 aliphatic carbocycles. The molecule has 3 rings (SSSR count). The first-order valence-corrected chi connectivity index (χ1v) is 9.48. The molecule has 2 aromatic rings. The predicted molar refractivity (Wildman–Crippen MR) is 90.9 cm³/mol. The molecule has 1 aliphatic rings. The summed E-state index contributed by atoms with van der Waals surface area (Å²) in [6.45, 7) is 2.19. The van der Waals surface area contributed by atoms with Gasteiger partial charge in [-0.25, -0.2) is 0 Å². The highest BCUT2D eigenvalue weighted by molar-refractivity contribution is 7.86. The Morgan fingerprint density at radius 1 is 1.04 bits per heavy atom. The zero-order valence-electron chi connectivity index (χ0n) is 13.4. The topological polar surface area (TPSA) is 43.4 Å². The van der Waals surface area contributed by atoms with Crippen molar-refractivity contribution in [2.45, 2.75) is 37.5 Å². The number of aryl methyl sites for hydroxylation is 2. The van der Waals surface area contributed by atoms with Crippen LogP contribution in [0.2, 0.25) is 0 Å². The summed E-state index contributed by atoms with van der Waals surface area (Å²) in [7, 11) is -3.67. The predicted octanol–water partition coefficient (Wildman–Crippen LogP) is 3.90. The standard InChI is InChI=1S/C19H22O3S/c1-15-9-11-19(12-10-15)23(20,21)22-14-16-5-4-8-17-6-2-3-7-18(17)13-16/h2-3,6-7,9-12,16H,4-5,8,13-14H2,1H3. The summed E-state index contributed by atoms with van der Waals surface area (Å²) in [5.74, 6) is 0.249. The van der Waals surface area contributed by atoms with E-state index in [9.17, 15) is 8.42 Å². The largest absolute Gasteiger partial charge is 0.296 e. The molecule has 0 heterocycles. The van der Waals surface area contributed by atoms with Gasteiger partial charge in [0.1, 0.15) is 0 Å². The van der Waals surface area contributed by atoms with Gasteiger partial charge in [-0.05, 0) is 61.8 Å². The summed E-state index contributed by atoms with van der Waals surface area (Å²) in [6, 6.07) is 15.2. The molecule has 0 saturated carbocycles. The first kappa shape index (κ1) is 16.2. The second-order valence-electron chi connectivity index (χ2n) is 6.28. The lowest BCUT2D eigenvalue weighted by Crippen LogP contribution is -2.16. The molecule has 4 heteroatoms. The molecule has 0 aliphatic heterocycles. The Labute approximate surface area is 138 Å². The van der Waals surface area contributed by atoms with Crippen molar-refractivity contribution < 1.29 is 12.6 Å². The summed E-state index contributed by atoms with van der Waals surface area (Å²) in [5, 5.41) is 0. The lowest BCUT2D eigenvalue weighted by atomic mass is 9.98. The van der Waals surface area contributed by atoms with Gasteiger partial charge < -0.3 is 0 Å². The lowest BCUT2D eigenvalue weighted by Gasteiger charge is -2.15. The van der Waals surface area contributed by atoms with Crippen LogP contribution in [0.4, 0.5) is 0 Å². The molecule has 0 aromatic heterocycles. The SMILES string of the molecule is Cc1ccc(S(=O)(=O)OCC2CCCc3ccccc3C2)cc1. The van der Waals surface area contributed by atoms with Gasteiger partial charge in [0.05, 0.1) is 11.5 Å². The van der Waals surface area contributed by atoms with Crippen molar-refractivity contribution in [1.82, 2.24) is 0 Å². The molecule has 23 heavy (non-hydrogen) atoms. The van der Waals surface area contributed by atoms with E-state index in [2.05, 4.69) is 18.2 Å². The Hall–Kier alpha value is -1.65. The van der Waals surface area contributed by atoms with Crippen LogP contribution in [-0.2, 0) is 27.1 Å². The van der Waals surface area contributed by atoms with E-state index in [4.69, 9.17) is 4.18 Å². The van der Waals surface area contributed by atoms with Gasteiger partial charge >= 0.3 is 0 Å². The van der Waals surface area contributed by atoms with E-state index in [0.29, 0.717) is 0 Å². The molecular weight excluding hydrogens is 308 g/mol. The van der Waals surface area contributed by atoms with Gasteiger partial charge in [0.15, 0.2) is 0 Å². The van der Waals surface area contributed by atoms with Crippen molar-refractivity contribution in [3.63, 3.8) is 0 Å². The molecule has 0 amide bonds. The summed E-state index contributed by atoms with van der Waals surface area (Å²) in [6.07, 6.45) is 4.03. The van der Waals surface area contributed by atoms with Crippen molar-refractivity contribution in [3.05, 3.63) is 65.2 Å². The highest BCUT2D eigenvalue weighted by Crippen LogP contribution is 2.25. The number of hydrogen-bond donors (Lipinski definition) is 0. The molecule has 0 N–H and O–H groups in total. The maximum absolute atomic E-state index is 12.3. The number of benzene rings is 2. The number of rotatable bonds is 4. The number of fused-ring (bicyclic) bond motifs is 1. The second kappa shape index (κ2) is 6.85.